The third-order valence-corrected chi connectivity index (χ3v) is 2.53. The number of rotatable bonds is 2. The Kier molecular flexibility index (Phi) is 3.68. The van der Waals surface area contributed by atoms with Gasteiger partial charge in [0.05, 0.1) is 0 Å². The van der Waals surface area contributed by atoms with E-state index in [1.165, 1.54) is 38.5 Å². The third kappa shape index (κ3) is 3.09. The fourth-order valence-electron chi connectivity index (χ4n) is 1.86. The fourth-order valence-corrected chi connectivity index (χ4v) is 1.86. The first kappa shape index (κ1) is 8.83. The molecule has 0 heteroatoms. The zero-order valence-electron chi connectivity index (χ0n) is 7.90. The molecule has 0 aromatic carbocycles. The molecule has 1 atom stereocenters. The van der Waals surface area contributed by atoms with Crippen LogP contribution in [-0.4, -0.2) is 0 Å². The summed E-state index contributed by atoms with van der Waals surface area (Å²) in [7, 11) is 0. The second kappa shape index (κ2) is 4.58. The van der Waals surface area contributed by atoms with Crippen LogP contribution in [0.25, 0.3) is 0 Å². The van der Waals surface area contributed by atoms with E-state index < -0.39 is 0 Å². The van der Waals surface area contributed by atoms with E-state index >= 15 is 0 Å². The van der Waals surface area contributed by atoms with Gasteiger partial charge in [-0.15, -0.1) is 0 Å². The number of unbranched alkanes of at least 4 members (excludes halogenated alkanes) is 1. The Morgan fingerprint density at radius 3 is 3.00 bits per heavy atom. The molecule has 1 unspecified atom stereocenters. The average Bonchev–Trinajstić information content (AvgIpc) is 2.01. The van der Waals surface area contributed by atoms with Gasteiger partial charge < -0.3 is 0 Å². The van der Waals surface area contributed by atoms with Crippen LogP contribution in [-0.2, 0) is 0 Å². The van der Waals surface area contributed by atoms with Crippen molar-refractivity contribution in [3.8, 4) is 0 Å². The summed E-state index contributed by atoms with van der Waals surface area (Å²) in [4.78, 5) is 0. The minimum Gasteiger partial charge on any atom is -0.0853 e. The predicted molar refractivity (Wildman–Crippen MR) is 50.6 cm³/mol. The highest BCUT2D eigenvalue weighted by atomic mass is 14.2. The molecule has 64 valence electrons. The molecule has 1 saturated carbocycles. The number of allylic oxidation sites excluding steroid dienone is 2. The molecular weight excluding hydrogens is 132 g/mol. The second-order valence-corrected chi connectivity index (χ2v) is 3.85. The quantitative estimate of drug-likeness (QED) is 0.526. The summed E-state index contributed by atoms with van der Waals surface area (Å²) in [6, 6.07) is 0. The van der Waals surface area contributed by atoms with E-state index in [2.05, 4.69) is 19.9 Å². The summed E-state index contributed by atoms with van der Waals surface area (Å²) in [6.45, 7) is 4.63. The SMILES string of the molecule is CCC/C=C1/CCCC(C)C1. The maximum absolute atomic E-state index is 2.47. The Bertz CT molecular complexity index is 133. The molecule has 1 aliphatic rings. The summed E-state index contributed by atoms with van der Waals surface area (Å²) in [5.41, 5.74) is 1.73. The summed E-state index contributed by atoms with van der Waals surface area (Å²) in [6.07, 6.45) is 10.7. The normalized spacial score (nSPS) is 29.3. The van der Waals surface area contributed by atoms with Crippen LogP contribution in [0.5, 0.6) is 0 Å². The van der Waals surface area contributed by atoms with Crippen LogP contribution < -0.4 is 0 Å². The van der Waals surface area contributed by atoms with Gasteiger partial charge in [-0.25, -0.2) is 0 Å². The molecule has 0 aromatic rings. The van der Waals surface area contributed by atoms with Crippen molar-refractivity contribution in [3.05, 3.63) is 11.6 Å². The highest BCUT2D eigenvalue weighted by Crippen LogP contribution is 2.28. The van der Waals surface area contributed by atoms with Gasteiger partial charge in [0.25, 0.3) is 0 Å². The number of hydrogen-bond donors (Lipinski definition) is 0. The Labute approximate surface area is 70.7 Å². The maximum Gasteiger partial charge on any atom is -0.0294 e. The molecule has 11 heavy (non-hydrogen) atoms. The average molecular weight is 152 g/mol. The van der Waals surface area contributed by atoms with E-state index in [0.29, 0.717) is 0 Å². The van der Waals surface area contributed by atoms with Crippen molar-refractivity contribution in [2.24, 2.45) is 5.92 Å². The molecule has 0 radical (unpaired) electrons. The summed E-state index contributed by atoms with van der Waals surface area (Å²) < 4.78 is 0. The van der Waals surface area contributed by atoms with Crippen LogP contribution in [0.2, 0.25) is 0 Å². The van der Waals surface area contributed by atoms with Crippen LogP contribution >= 0.6 is 0 Å². The lowest BCUT2D eigenvalue weighted by Crippen LogP contribution is -2.04. The van der Waals surface area contributed by atoms with Crippen molar-refractivity contribution in [2.45, 2.75) is 52.4 Å². The van der Waals surface area contributed by atoms with E-state index in [1.807, 2.05) is 0 Å². The van der Waals surface area contributed by atoms with Crippen molar-refractivity contribution < 1.29 is 0 Å². The molecule has 0 aromatic heterocycles. The first-order valence-electron chi connectivity index (χ1n) is 5.00. The monoisotopic (exact) mass is 152 g/mol. The van der Waals surface area contributed by atoms with Gasteiger partial charge in [-0.1, -0.05) is 38.3 Å². The van der Waals surface area contributed by atoms with Gasteiger partial charge in [-0.05, 0) is 31.6 Å². The fraction of sp³-hybridized carbons (Fsp3) is 0.818. The van der Waals surface area contributed by atoms with Crippen LogP contribution in [0.3, 0.4) is 0 Å². The van der Waals surface area contributed by atoms with Gasteiger partial charge in [0, 0.05) is 0 Å². The molecule has 0 bridgehead atoms. The standard InChI is InChI=1S/C11H20/c1-3-4-7-11-8-5-6-10(2)9-11/h7,10H,3-6,8-9H2,1-2H3/b11-7-. The number of hydrogen-bond acceptors (Lipinski definition) is 0. The minimum atomic E-state index is 0.951. The van der Waals surface area contributed by atoms with Crippen molar-refractivity contribution in [2.75, 3.05) is 0 Å². The molecule has 0 amide bonds. The lowest BCUT2D eigenvalue weighted by molar-refractivity contribution is 0.451. The zero-order valence-corrected chi connectivity index (χ0v) is 7.90. The molecule has 0 N–H and O–H groups in total. The van der Waals surface area contributed by atoms with Crippen molar-refractivity contribution in [3.63, 3.8) is 0 Å². The molecule has 0 nitrogen and oxygen atoms in total. The zero-order chi connectivity index (χ0) is 8.10. The maximum atomic E-state index is 2.47. The lowest BCUT2D eigenvalue weighted by atomic mass is 9.86. The van der Waals surface area contributed by atoms with Gasteiger partial charge in [0.2, 0.25) is 0 Å². The molecule has 0 aliphatic heterocycles. The Morgan fingerprint density at radius 2 is 2.36 bits per heavy atom. The molecule has 1 aliphatic carbocycles. The largest absolute Gasteiger partial charge is 0.0853 e. The van der Waals surface area contributed by atoms with Gasteiger partial charge in [-0.2, -0.15) is 0 Å². The van der Waals surface area contributed by atoms with Crippen molar-refractivity contribution >= 4 is 0 Å². The van der Waals surface area contributed by atoms with E-state index in [4.69, 9.17) is 0 Å². The molecule has 0 heterocycles. The molecular formula is C11H20. The van der Waals surface area contributed by atoms with Crippen LogP contribution in [0.15, 0.2) is 11.6 Å². The summed E-state index contributed by atoms with van der Waals surface area (Å²) in [5, 5.41) is 0. The minimum absolute atomic E-state index is 0.951. The Morgan fingerprint density at radius 1 is 1.55 bits per heavy atom. The smallest absolute Gasteiger partial charge is 0.0294 e. The topological polar surface area (TPSA) is 0 Å². The van der Waals surface area contributed by atoms with Gasteiger partial charge >= 0.3 is 0 Å². The first-order chi connectivity index (χ1) is 5.33. The van der Waals surface area contributed by atoms with Crippen molar-refractivity contribution in [1.82, 2.24) is 0 Å². The molecule has 1 fully saturated rings. The highest BCUT2D eigenvalue weighted by molar-refractivity contribution is 5.05. The van der Waals surface area contributed by atoms with Crippen LogP contribution in [0.1, 0.15) is 52.4 Å². The summed E-state index contributed by atoms with van der Waals surface area (Å²) >= 11 is 0. The molecule has 1 rings (SSSR count). The van der Waals surface area contributed by atoms with Crippen molar-refractivity contribution in [1.29, 1.82) is 0 Å². The van der Waals surface area contributed by atoms with E-state index in [9.17, 15) is 0 Å². The summed E-state index contributed by atoms with van der Waals surface area (Å²) in [5.74, 6) is 0.951. The Hall–Kier alpha value is -0.260. The third-order valence-electron chi connectivity index (χ3n) is 2.53. The Balaban J connectivity index is 2.32. The second-order valence-electron chi connectivity index (χ2n) is 3.85. The lowest BCUT2D eigenvalue weighted by Gasteiger charge is -2.20. The van der Waals surface area contributed by atoms with E-state index in [-0.39, 0.29) is 0 Å². The van der Waals surface area contributed by atoms with Crippen LogP contribution in [0, 0.1) is 5.92 Å². The van der Waals surface area contributed by atoms with Gasteiger partial charge in [-0.3, -0.25) is 0 Å². The van der Waals surface area contributed by atoms with Gasteiger partial charge in [0.1, 0.15) is 0 Å². The van der Waals surface area contributed by atoms with E-state index in [0.717, 1.165) is 5.92 Å². The molecule has 0 saturated heterocycles. The van der Waals surface area contributed by atoms with E-state index in [1.54, 1.807) is 5.57 Å². The predicted octanol–water partition coefficient (Wildman–Crippen LogP) is 3.92. The highest BCUT2D eigenvalue weighted by Gasteiger charge is 2.11. The first-order valence-corrected chi connectivity index (χ1v) is 5.00. The van der Waals surface area contributed by atoms with Crippen LogP contribution in [0.4, 0.5) is 0 Å². The van der Waals surface area contributed by atoms with Gasteiger partial charge in [0.15, 0.2) is 0 Å². The molecule has 0 spiro atoms.